The number of hydrogen-bond acceptors (Lipinski definition) is 4. The third-order valence-corrected chi connectivity index (χ3v) is 3.53. The van der Waals surface area contributed by atoms with Crippen LogP contribution in [0.3, 0.4) is 0 Å². The largest absolute Gasteiger partial charge is 0.486 e. The van der Waals surface area contributed by atoms with Gasteiger partial charge in [0, 0.05) is 25.3 Å². The average Bonchev–Trinajstić information content (AvgIpc) is 2.66. The first kappa shape index (κ1) is 10.5. The second-order valence-corrected chi connectivity index (χ2v) is 4.59. The van der Waals surface area contributed by atoms with E-state index in [-0.39, 0.29) is 16.2 Å². The number of nitro benzene ring substituents is 1. The summed E-state index contributed by atoms with van der Waals surface area (Å²) in [5, 5.41) is 11.0. The monoisotopic (exact) mass is 235 g/mol. The van der Waals surface area contributed by atoms with Crippen LogP contribution in [0, 0.1) is 10.1 Å². The van der Waals surface area contributed by atoms with Gasteiger partial charge in [0.1, 0.15) is 11.4 Å². The SMILES string of the molecule is O=[N+]([O-])c1cccc2c1CC1(CCOCC1)O2. The summed E-state index contributed by atoms with van der Waals surface area (Å²) in [4.78, 5) is 10.6. The third-order valence-electron chi connectivity index (χ3n) is 3.53. The molecule has 0 atom stereocenters. The van der Waals surface area contributed by atoms with Crippen LogP contribution in [-0.4, -0.2) is 23.7 Å². The molecule has 0 amide bonds. The highest BCUT2D eigenvalue weighted by atomic mass is 16.6. The summed E-state index contributed by atoms with van der Waals surface area (Å²) in [6.07, 6.45) is 2.24. The van der Waals surface area contributed by atoms with Crippen molar-refractivity contribution in [2.24, 2.45) is 0 Å². The quantitative estimate of drug-likeness (QED) is 0.552. The Morgan fingerprint density at radius 1 is 1.29 bits per heavy atom. The third kappa shape index (κ3) is 1.67. The Morgan fingerprint density at radius 3 is 2.76 bits per heavy atom. The van der Waals surface area contributed by atoms with Crippen molar-refractivity contribution in [2.75, 3.05) is 13.2 Å². The predicted molar refractivity (Wildman–Crippen MR) is 60.2 cm³/mol. The van der Waals surface area contributed by atoms with E-state index in [1.807, 2.05) is 6.07 Å². The van der Waals surface area contributed by atoms with Crippen molar-refractivity contribution in [3.63, 3.8) is 0 Å². The van der Waals surface area contributed by atoms with Crippen LogP contribution in [0.25, 0.3) is 0 Å². The van der Waals surface area contributed by atoms with E-state index in [2.05, 4.69) is 0 Å². The molecule has 3 rings (SSSR count). The highest BCUT2D eigenvalue weighted by molar-refractivity contribution is 5.53. The Kier molecular flexibility index (Phi) is 2.29. The topological polar surface area (TPSA) is 61.6 Å². The van der Waals surface area contributed by atoms with Crippen molar-refractivity contribution in [1.82, 2.24) is 0 Å². The molecule has 1 fully saturated rings. The summed E-state index contributed by atoms with van der Waals surface area (Å²) in [5.74, 6) is 0.668. The van der Waals surface area contributed by atoms with Crippen LogP contribution in [0.4, 0.5) is 5.69 Å². The van der Waals surface area contributed by atoms with E-state index in [0.29, 0.717) is 25.4 Å². The van der Waals surface area contributed by atoms with E-state index in [1.54, 1.807) is 12.1 Å². The molecule has 0 radical (unpaired) electrons. The van der Waals surface area contributed by atoms with Gasteiger partial charge in [-0.15, -0.1) is 0 Å². The lowest BCUT2D eigenvalue weighted by atomic mass is 9.89. The van der Waals surface area contributed by atoms with E-state index >= 15 is 0 Å². The first-order valence-electron chi connectivity index (χ1n) is 5.73. The van der Waals surface area contributed by atoms with Gasteiger partial charge >= 0.3 is 0 Å². The number of hydrogen-bond donors (Lipinski definition) is 0. The maximum atomic E-state index is 11.0. The Labute approximate surface area is 98.5 Å². The van der Waals surface area contributed by atoms with Crippen LogP contribution >= 0.6 is 0 Å². The van der Waals surface area contributed by atoms with Crippen molar-refractivity contribution in [1.29, 1.82) is 0 Å². The first-order chi connectivity index (χ1) is 8.20. The number of nitrogens with zero attached hydrogens (tertiary/aromatic N) is 1. The molecule has 2 heterocycles. The van der Waals surface area contributed by atoms with Crippen molar-refractivity contribution in [3.05, 3.63) is 33.9 Å². The number of rotatable bonds is 1. The predicted octanol–water partition coefficient (Wildman–Crippen LogP) is 2.08. The van der Waals surface area contributed by atoms with Gasteiger partial charge < -0.3 is 9.47 Å². The van der Waals surface area contributed by atoms with Gasteiger partial charge in [0.25, 0.3) is 5.69 Å². The summed E-state index contributed by atoms with van der Waals surface area (Å²) in [5.41, 5.74) is 0.637. The molecule has 0 N–H and O–H groups in total. The minimum atomic E-state index is -0.333. The Hall–Kier alpha value is -1.62. The maximum Gasteiger partial charge on any atom is 0.276 e. The molecule has 0 aromatic heterocycles. The summed E-state index contributed by atoms with van der Waals surface area (Å²) in [6.45, 7) is 1.34. The van der Waals surface area contributed by atoms with Gasteiger partial charge in [0.05, 0.1) is 23.7 Å². The van der Waals surface area contributed by atoms with Crippen LogP contribution < -0.4 is 4.74 Å². The highest BCUT2D eigenvalue weighted by Crippen LogP contribution is 2.44. The summed E-state index contributed by atoms with van der Waals surface area (Å²) in [6, 6.07) is 5.03. The van der Waals surface area contributed by atoms with Crippen LogP contribution in [0.15, 0.2) is 18.2 Å². The Bertz CT molecular complexity index is 466. The van der Waals surface area contributed by atoms with Gasteiger partial charge in [-0.25, -0.2) is 0 Å². The first-order valence-corrected chi connectivity index (χ1v) is 5.73. The molecule has 1 aromatic carbocycles. The number of ether oxygens (including phenoxy) is 2. The van der Waals surface area contributed by atoms with Crippen molar-refractivity contribution < 1.29 is 14.4 Å². The van der Waals surface area contributed by atoms with Crippen molar-refractivity contribution in [3.8, 4) is 5.75 Å². The molecule has 1 aromatic rings. The van der Waals surface area contributed by atoms with E-state index in [4.69, 9.17) is 9.47 Å². The molecule has 1 saturated heterocycles. The maximum absolute atomic E-state index is 11.0. The van der Waals surface area contributed by atoms with Gasteiger partial charge in [-0.05, 0) is 6.07 Å². The van der Waals surface area contributed by atoms with Gasteiger partial charge in [-0.2, -0.15) is 0 Å². The summed E-state index contributed by atoms with van der Waals surface area (Å²) < 4.78 is 11.3. The fraction of sp³-hybridized carbons (Fsp3) is 0.500. The molecule has 2 aliphatic heterocycles. The van der Waals surface area contributed by atoms with Crippen LogP contribution in [0.1, 0.15) is 18.4 Å². The van der Waals surface area contributed by atoms with Gasteiger partial charge in [0.2, 0.25) is 0 Å². The Balaban J connectivity index is 1.97. The molecule has 0 aliphatic carbocycles. The standard InChI is InChI=1S/C12H13NO4/c14-13(15)10-2-1-3-11-9(10)8-12(17-11)4-6-16-7-5-12/h1-3H,4-8H2. The normalized spacial score (nSPS) is 20.9. The van der Waals surface area contributed by atoms with E-state index in [0.717, 1.165) is 18.4 Å². The minimum absolute atomic E-state index is 0.172. The molecular formula is C12H13NO4. The highest BCUT2D eigenvalue weighted by Gasteiger charge is 2.43. The number of benzene rings is 1. The average molecular weight is 235 g/mol. The number of fused-ring (bicyclic) bond motifs is 1. The van der Waals surface area contributed by atoms with E-state index in [9.17, 15) is 10.1 Å². The molecule has 0 saturated carbocycles. The zero-order valence-electron chi connectivity index (χ0n) is 9.35. The zero-order valence-corrected chi connectivity index (χ0v) is 9.35. The molecule has 5 heteroatoms. The molecule has 17 heavy (non-hydrogen) atoms. The lowest BCUT2D eigenvalue weighted by Crippen LogP contribution is -2.40. The van der Waals surface area contributed by atoms with E-state index < -0.39 is 0 Å². The van der Waals surface area contributed by atoms with Gasteiger partial charge in [0.15, 0.2) is 0 Å². The lowest BCUT2D eigenvalue weighted by molar-refractivity contribution is -0.385. The Morgan fingerprint density at radius 2 is 2.06 bits per heavy atom. The second-order valence-electron chi connectivity index (χ2n) is 4.59. The van der Waals surface area contributed by atoms with Crippen molar-refractivity contribution in [2.45, 2.75) is 24.9 Å². The van der Waals surface area contributed by atoms with Crippen LogP contribution in [0.2, 0.25) is 0 Å². The molecule has 1 spiro atoms. The summed E-state index contributed by atoms with van der Waals surface area (Å²) in [7, 11) is 0. The van der Waals surface area contributed by atoms with Crippen LogP contribution in [0.5, 0.6) is 5.75 Å². The molecule has 0 bridgehead atoms. The number of nitro groups is 1. The minimum Gasteiger partial charge on any atom is -0.486 e. The van der Waals surface area contributed by atoms with Gasteiger partial charge in [-0.1, -0.05) is 6.07 Å². The smallest absolute Gasteiger partial charge is 0.276 e. The molecule has 90 valence electrons. The molecule has 5 nitrogen and oxygen atoms in total. The molecular weight excluding hydrogens is 222 g/mol. The fourth-order valence-electron chi connectivity index (χ4n) is 2.61. The van der Waals surface area contributed by atoms with Crippen LogP contribution in [-0.2, 0) is 11.2 Å². The lowest BCUT2D eigenvalue weighted by Gasteiger charge is -2.32. The van der Waals surface area contributed by atoms with Gasteiger partial charge in [-0.3, -0.25) is 10.1 Å². The zero-order chi connectivity index (χ0) is 11.9. The van der Waals surface area contributed by atoms with Crippen molar-refractivity contribution >= 4 is 5.69 Å². The fourth-order valence-corrected chi connectivity index (χ4v) is 2.61. The second kappa shape index (κ2) is 3.70. The molecule has 0 unspecified atom stereocenters. The van der Waals surface area contributed by atoms with E-state index in [1.165, 1.54) is 0 Å². The summed E-state index contributed by atoms with van der Waals surface area (Å²) >= 11 is 0. The molecule has 2 aliphatic rings.